The van der Waals surface area contributed by atoms with Gasteiger partial charge in [0, 0.05) is 37.5 Å². The van der Waals surface area contributed by atoms with Gasteiger partial charge in [0.15, 0.2) is 5.69 Å². The summed E-state index contributed by atoms with van der Waals surface area (Å²) in [4.78, 5) is 28.7. The minimum atomic E-state index is -0.0572. The fourth-order valence-electron chi connectivity index (χ4n) is 3.32. The number of nitrogens with one attached hydrogen (secondary N) is 1. The monoisotopic (exact) mass is 312 g/mol. The number of rotatable bonds is 2. The third kappa shape index (κ3) is 2.48. The number of carbonyl (C=O) groups excluding carboxylic acids is 2. The van der Waals surface area contributed by atoms with E-state index in [0.29, 0.717) is 31.9 Å². The van der Waals surface area contributed by atoms with Crippen LogP contribution in [0, 0.1) is 5.92 Å². The van der Waals surface area contributed by atoms with Crippen molar-refractivity contribution in [2.24, 2.45) is 5.92 Å². The van der Waals surface area contributed by atoms with Crippen molar-refractivity contribution in [2.45, 2.75) is 19.3 Å². The first-order chi connectivity index (χ1) is 11.2. The number of carbonyl (C=O) groups is 2. The number of aromatic nitrogens is 2. The SMILES string of the molecule is O=C(c1n[nH]c2ccccc12)N1CCN(C(=O)C2CCC2)CC1. The van der Waals surface area contributed by atoms with Crippen molar-refractivity contribution in [3.05, 3.63) is 30.0 Å². The molecule has 0 atom stereocenters. The zero-order valence-electron chi connectivity index (χ0n) is 13.0. The summed E-state index contributed by atoms with van der Waals surface area (Å²) in [7, 11) is 0. The van der Waals surface area contributed by atoms with Gasteiger partial charge in [0.1, 0.15) is 0 Å². The fraction of sp³-hybridized carbons (Fsp3) is 0.471. The van der Waals surface area contributed by atoms with Crippen LogP contribution in [0.25, 0.3) is 10.9 Å². The molecule has 1 aromatic heterocycles. The second kappa shape index (κ2) is 5.68. The number of H-pyrrole nitrogens is 1. The van der Waals surface area contributed by atoms with E-state index in [1.54, 1.807) is 4.90 Å². The lowest BCUT2D eigenvalue weighted by molar-refractivity contribution is -0.139. The van der Waals surface area contributed by atoms with Crippen LogP contribution in [0.5, 0.6) is 0 Å². The van der Waals surface area contributed by atoms with Gasteiger partial charge in [0.05, 0.1) is 5.52 Å². The van der Waals surface area contributed by atoms with Gasteiger partial charge in [-0.3, -0.25) is 14.7 Å². The summed E-state index contributed by atoms with van der Waals surface area (Å²) in [6, 6.07) is 7.64. The molecule has 23 heavy (non-hydrogen) atoms. The third-order valence-corrected chi connectivity index (χ3v) is 5.01. The molecule has 2 heterocycles. The van der Waals surface area contributed by atoms with E-state index in [1.165, 1.54) is 6.42 Å². The van der Waals surface area contributed by atoms with E-state index >= 15 is 0 Å². The van der Waals surface area contributed by atoms with Crippen molar-refractivity contribution in [1.82, 2.24) is 20.0 Å². The van der Waals surface area contributed by atoms with Gasteiger partial charge in [0.2, 0.25) is 5.91 Å². The Hall–Kier alpha value is -2.37. The highest BCUT2D eigenvalue weighted by Crippen LogP contribution is 2.28. The highest BCUT2D eigenvalue weighted by molar-refractivity contribution is 6.04. The summed E-state index contributed by atoms with van der Waals surface area (Å²) in [6.45, 7) is 2.42. The summed E-state index contributed by atoms with van der Waals surface area (Å²) in [5.74, 6) is 0.444. The molecule has 2 aromatic rings. The summed E-state index contributed by atoms with van der Waals surface area (Å²) >= 11 is 0. The maximum atomic E-state index is 12.7. The van der Waals surface area contributed by atoms with E-state index < -0.39 is 0 Å². The molecule has 2 amide bonds. The number of nitrogens with zero attached hydrogens (tertiary/aromatic N) is 3. The minimum Gasteiger partial charge on any atom is -0.339 e. The van der Waals surface area contributed by atoms with Crippen molar-refractivity contribution in [3.63, 3.8) is 0 Å². The average molecular weight is 312 g/mol. The highest BCUT2D eigenvalue weighted by Gasteiger charge is 2.32. The Morgan fingerprint density at radius 1 is 1.04 bits per heavy atom. The van der Waals surface area contributed by atoms with Crippen LogP contribution in [0.15, 0.2) is 24.3 Å². The molecule has 1 saturated heterocycles. The zero-order valence-corrected chi connectivity index (χ0v) is 13.0. The Labute approximate surface area is 134 Å². The molecule has 1 N–H and O–H groups in total. The molecule has 1 aromatic carbocycles. The van der Waals surface area contributed by atoms with Crippen molar-refractivity contribution < 1.29 is 9.59 Å². The van der Waals surface area contributed by atoms with Crippen LogP contribution in [0.2, 0.25) is 0 Å². The van der Waals surface area contributed by atoms with Gasteiger partial charge >= 0.3 is 0 Å². The molecule has 2 fully saturated rings. The molecule has 0 unspecified atom stereocenters. The Morgan fingerprint density at radius 3 is 2.43 bits per heavy atom. The lowest BCUT2D eigenvalue weighted by atomic mass is 9.84. The second-order valence-corrected chi connectivity index (χ2v) is 6.36. The predicted molar refractivity (Wildman–Crippen MR) is 85.9 cm³/mol. The molecule has 2 aliphatic rings. The molecule has 0 radical (unpaired) electrons. The summed E-state index contributed by atoms with van der Waals surface area (Å²) in [5.41, 5.74) is 1.34. The maximum Gasteiger partial charge on any atom is 0.275 e. The van der Waals surface area contributed by atoms with E-state index in [4.69, 9.17) is 0 Å². The lowest BCUT2D eigenvalue weighted by Gasteiger charge is -2.38. The molecule has 1 aliphatic heterocycles. The summed E-state index contributed by atoms with van der Waals surface area (Å²) in [5, 5.41) is 7.93. The largest absolute Gasteiger partial charge is 0.339 e. The van der Waals surface area contributed by atoms with E-state index in [-0.39, 0.29) is 17.7 Å². The van der Waals surface area contributed by atoms with Crippen LogP contribution in [0.4, 0.5) is 0 Å². The van der Waals surface area contributed by atoms with Gasteiger partial charge < -0.3 is 9.80 Å². The van der Waals surface area contributed by atoms with Gasteiger partial charge in [0.25, 0.3) is 5.91 Å². The standard InChI is InChI=1S/C17H20N4O2/c22-16(12-4-3-5-12)20-8-10-21(11-9-20)17(23)15-13-6-1-2-7-14(13)18-19-15/h1-2,6-7,12H,3-5,8-11H2,(H,18,19). The van der Waals surface area contributed by atoms with Gasteiger partial charge in [-0.15, -0.1) is 0 Å². The first-order valence-electron chi connectivity index (χ1n) is 8.25. The first kappa shape index (κ1) is 14.2. The van der Waals surface area contributed by atoms with E-state index in [9.17, 15) is 9.59 Å². The zero-order chi connectivity index (χ0) is 15.8. The van der Waals surface area contributed by atoms with Crippen molar-refractivity contribution in [2.75, 3.05) is 26.2 Å². The Kier molecular flexibility index (Phi) is 3.52. The molecule has 0 bridgehead atoms. The van der Waals surface area contributed by atoms with Gasteiger partial charge in [-0.2, -0.15) is 5.10 Å². The van der Waals surface area contributed by atoms with Gasteiger partial charge in [-0.05, 0) is 18.9 Å². The van der Waals surface area contributed by atoms with Gasteiger partial charge in [-0.25, -0.2) is 0 Å². The maximum absolute atomic E-state index is 12.7. The van der Waals surface area contributed by atoms with Crippen molar-refractivity contribution in [3.8, 4) is 0 Å². The molecular weight excluding hydrogens is 292 g/mol. The Morgan fingerprint density at radius 2 is 1.74 bits per heavy atom. The first-order valence-corrected chi connectivity index (χ1v) is 8.25. The Balaban J connectivity index is 1.43. The molecular formula is C17H20N4O2. The normalized spacial score (nSPS) is 19.0. The number of amides is 2. The smallest absolute Gasteiger partial charge is 0.275 e. The van der Waals surface area contributed by atoms with Crippen LogP contribution >= 0.6 is 0 Å². The van der Waals surface area contributed by atoms with Crippen LogP contribution in [0.1, 0.15) is 29.8 Å². The van der Waals surface area contributed by atoms with Crippen molar-refractivity contribution in [1.29, 1.82) is 0 Å². The second-order valence-electron chi connectivity index (χ2n) is 6.36. The summed E-state index contributed by atoms with van der Waals surface area (Å²) < 4.78 is 0. The van der Waals surface area contributed by atoms with E-state index in [1.807, 2.05) is 29.2 Å². The number of para-hydroxylation sites is 1. The van der Waals surface area contributed by atoms with E-state index in [2.05, 4.69) is 10.2 Å². The van der Waals surface area contributed by atoms with Gasteiger partial charge in [-0.1, -0.05) is 24.6 Å². The molecule has 120 valence electrons. The topological polar surface area (TPSA) is 69.3 Å². The fourth-order valence-corrected chi connectivity index (χ4v) is 3.32. The minimum absolute atomic E-state index is 0.0572. The number of fused-ring (bicyclic) bond motifs is 1. The van der Waals surface area contributed by atoms with Crippen molar-refractivity contribution >= 4 is 22.7 Å². The molecule has 6 nitrogen and oxygen atoms in total. The van der Waals surface area contributed by atoms with E-state index in [0.717, 1.165) is 23.7 Å². The van der Waals surface area contributed by atoms with Crippen LogP contribution in [-0.2, 0) is 4.79 Å². The molecule has 4 rings (SSSR count). The number of benzene rings is 1. The number of hydrogen-bond acceptors (Lipinski definition) is 3. The van der Waals surface area contributed by atoms with Crippen LogP contribution in [0.3, 0.4) is 0 Å². The number of hydrogen-bond donors (Lipinski definition) is 1. The molecule has 1 aliphatic carbocycles. The Bertz CT molecular complexity index is 742. The molecule has 1 saturated carbocycles. The quantitative estimate of drug-likeness (QED) is 0.916. The molecule has 6 heteroatoms. The average Bonchev–Trinajstić information content (AvgIpc) is 2.97. The third-order valence-electron chi connectivity index (χ3n) is 5.01. The number of aromatic amines is 1. The highest BCUT2D eigenvalue weighted by atomic mass is 16.2. The van der Waals surface area contributed by atoms with Crippen LogP contribution < -0.4 is 0 Å². The number of piperazine rings is 1. The predicted octanol–water partition coefficient (Wildman–Crippen LogP) is 1.65. The lowest BCUT2D eigenvalue weighted by Crippen LogP contribution is -2.52. The van der Waals surface area contributed by atoms with Crippen LogP contribution in [-0.4, -0.2) is 58.0 Å². The molecule has 0 spiro atoms. The summed E-state index contributed by atoms with van der Waals surface area (Å²) in [6.07, 6.45) is 3.22.